The lowest BCUT2D eigenvalue weighted by atomic mass is 9.68. The number of nitrogens with zero attached hydrogens (tertiary/aromatic N) is 1. The molecule has 0 aliphatic heterocycles. The number of anilines is 1. The number of halogens is 1. The number of nitriles is 1. The van der Waals surface area contributed by atoms with Crippen molar-refractivity contribution in [3.63, 3.8) is 0 Å². The van der Waals surface area contributed by atoms with Crippen LogP contribution in [0.25, 0.3) is 0 Å². The van der Waals surface area contributed by atoms with Crippen molar-refractivity contribution in [2.45, 2.75) is 45.1 Å². The topological polar surface area (TPSA) is 35.8 Å². The molecule has 2 nitrogen and oxygen atoms in total. The van der Waals surface area contributed by atoms with E-state index in [1.165, 1.54) is 6.42 Å². The second-order valence-electron chi connectivity index (χ2n) is 5.81. The van der Waals surface area contributed by atoms with Crippen molar-refractivity contribution in [2.24, 2.45) is 11.8 Å². The summed E-state index contributed by atoms with van der Waals surface area (Å²) >= 11 is 3.44. The van der Waals surface area contributed by atoms with Gasteiger partial charge in [-0.1, -0.05) is 42.6 Å². The minimum absolute atomic E-state index is 0.403. The zero-order valence-electron chi connectivity index (χ0n) is 11.6. The number of nitrogens with one attached hydrogen (secondary N) is 1. The molecule has 0 saturated heterocycles. The summed E-state index contributed by atoms with van der Waals surface area (Å²) in [6.45, 7) is 4.46. The van der Waals surface area contributed by atoms with Gasteiger partial charge in [0, 0.05) is 10.2 Å². The van der Waals surface area contributed by atoms with Crippen molar-refractivity contribution in [2.75, 3.05) is 5.32 Å². The highest BCUT2D eigenvalue weighted by Crippen LogP contribution is 2.40. The summed E-state index contributed by atoms with van der Waals surface area (Å²) in [6, 6.07) is 10.7. The molecule has 0 aromatic heterocycles. The minimum atomic E-state index is -0.403. The lowest BCUT2D eigenvalue weighted by Crippen LogP contribution is -2.48. The third-order valence-corrected chi connectivity index (χ3v) is 4.71. The van der Waals surface area contributed by atoms with E-state index in [-0.39, 0.29) is 0 Å². The van der Waals surface area contributed by atoms with Crippen LogP contribution in [-0.2, 0) is 0 Å². The highest BCUT2D eigenvalue weighted by molar-refractivity contribution is 9.10. The number of hydrogen-bond acceptors (Lipinski definition) is 2. The molecule has 3 heteroatoms. The van der Waals surface area contributed by atoms with E-state index in [0.717, 1.165) is 29.4 Å². The van der Waals surface area contributed by atoms with Gasteiger partial charge in [0.15, 0.2) is 0 Å². The van der Waals surface area contributed by atoms with Gasteiger partial charge in [0.1, 0.15) is 5.54 Å². The van der Waals surface area contributed by atoms with Crippen LogP contribution < -0.4 is 5.32 Å². The van der Waals surface area contributed by atoms with E-state index in [0.29, 0.717) is 11.8 Å². The van der Waals surface area contributed by atoms with Crippen LogP contribution in [0, 0.1) is 23.2 Å². The lowest BCUT2D eigenvalue weighted by Gasteiger charge is -2.42. The van der Waals surface area contributed by atoms with Gasteiger partial charge in [-0.2, -0.15) is 5.26 Å². The Hall–Kier alpha value is -1.01. The van der Waals surface area contributed by atoms with Crippen molar-refractivity contribution in [3.05, 3.63) is 28.7 Å². The maximum Gasteiger partial charge on any atom is 0.128 e. The maximum absolute atomic E-state index is 9.75. The summed E-state index contributed by atoms with van der Waals surface area (Å²) in [6.07, 6.45) is 4.48. The second kappa shape index (κ2) is 5.96. The van der Waals surface area contributed by atoms with Gasteiger partial charge in [-0.25, -0.2) is 0 Å². The smallest absolute Gasteiger partial charge is 0.128 e. The fraction of sp³-hybridized carbons (Fsp3) is 0.562. The van der Waals surface area contributed by atoms with E-state index in [4.69, 9.17) is 0 Å². The summed E-state index contributed by atoms with van der Waals surface area (Å²) in [5.41, 5.74) is 0.637. The molecule has 0 bridgehead atoms. The summed E-state index contributed by atoms with van der Waals surface area (Å²) in [4.78, 5) is 0. The Kier molecular flexibility index (Phi) is 4.52. The average Bonchev–Trinajstić information content (AvgIpc) is 2.41. The molecule has 0 heterocycles. The molecule has 1 aliphatic rings. The van der Waals surface area contributed by atoms with Gasteiger partial charge in [-0.05, 0) is 48.9 Å². The first-order valence-corrected chi connectivity index (χ1v) is 7.82. The highest BCUT2D eigenvalue weighted by atomic mass is 79.9. The normalized spacial score (nSPS) is 27.0. The van der Waals surface area contributed by atoms with E-state index in [2.05, 4.69) is 41.2 Å². The molecule has 1 fully saturated rings. The van der Waals surface area contributed by atoms with Crippen molar-refractivity contribution in [1.29, 1.82) is 5.26 Å². The molecule has 1 saturated carbocycles. The van der Waals surface area contributed by atoms with Gasteiger partial charge in [0.25, 0.3) is 0 Å². The fourth-order valence-electron chi connectivity index (χ4n) is 3.22. The van der Waals surface area contributed by atoms with E-state index in [1.807, 2.05) is 24.3 Å². The van der Waals surface area contributed by atoms with Crippen molar-refractivity contribution >= 4 is 21.6 Å². The van der Waals surface area contributed by atoms with Gasteiger partial charge in [0.2, 0.25) is 0 Å². The third kappa shape index (κ3) is 3.12. The van der Waals surface area contributed by atoms with Crippen LogP contribution in [0.4, 0.5) is 5.69 Å². The Labute approximate surface area is 124 Å². The summed E-state index contributed by atoms with van der Waals surface area (Å²) in [7, 11) is 0. The highest BCUT2D eigenvalue weighted by Gasteiger charge is 2.42. The van der Waals surface area contributed by atoms with Gasteiger partial charge >= 0.3 is 0 Å². The Morgan fingerprint density at radius 1 is 1.32 bits per heavy atom. The molecule has 0 amide bonds. The van der Waals surface area contributed by atoms with Crippen LogP contribution in [-0.4, -0.2) is 5.54 Å². The Morgan fingerprint density at radius 2 is 2.00 bits per heavy atom. The number of benzene rings is 1. The van der Waals surface area contributed by atoms with Crippen molar-refractivity contribution in [3.8, 4) is 6.07 Å². The molecule has 1 aromatic rings. The Balaban J connectivity index is 2.25. The number of rotatable bonds is 3. The van der Waals surface area contributed by atoms with E-state index in [1.54, 1.807) is 0 Å². The minimum Gasteiger partial charge on any atom is -0.367 e. The molecule has 1 N–H and O–H groups in total. The maximum atomic E-state index is 9.75. The molecule has 2 atom stereocenters. The monoisotopic (exact) mass is 320 g/mol. The first kappa shape index (κ1) is 14.4. The molecule has 1 aliphatic carbocycles. The summed E-state index contributed by atoms with van der Waals surface area (Å²) in [5, 5.41) is 13.3. The molecule has 19 heavy (non-hydrogen) atoms. The molecule has 0 spiro atoms. The van der Waals surface area contributed by atoms with E-state index < -0.39 is 5.54 Å². The van der Waals surface area contributed by atoms with Gasteiger partial charge < -0.3 is 5.32 Å². The SMILES string of the molecule is CC(C)C1CCCCC1(C#N)Nc1ccc(Br)cc1. The van der Waals surface area contributed by atoms with Crippen LogP contribution >= 0.6 is 15.9 Å². The lowest BCUT2D eigenvalue weighted by molar-refractivity contribution is 0.205. The molecule has 0 radical (unpaired) electrons. The van der Waals surface area contributed by atoms with Crippen molar-refractivity contribution < 1.29 is 0 Å². The van der Waals surface area contributed by atoms with Crippen molar-refractivity contribution in [1.82, 2.24) is 0 Å². The zero-order valence-corrected chi connectivity index (χ0v) is 13.2. The van der Waals surface area contributed by atoms with Gasteiger partial charge in [-0.15, -0.1) is 0 Å². The Bertz CT molecular complexity index is 461. The molecule has 102 valence electrons. The molecule has 2 rings (SSSR count). The van der Waals surface area contributed by atoms with E-state index in [9.17, 15) is 5.26 Å². The van der Waals surface area contributed by atoms with Crippen LogP contribution in [0.3, 0.4) is 0 Å². The fourth-order valence-corrected chi connectivity index (χ4v) is 3.48. The van der Waals surface area contributed by atoms with E-state index >= 15 is 0 Å². The predicted octanol–water partition coefficient (Wildman–Crippen LogP) is 4.97. The molecular formula is C16H21BrN2. The van der Waals surface area contributed by atoms with Crippen LogP contribution in [0.5, 0.6) is 0 Å². The largest absolute Gasteiger partial charge is 0.367 e. The predicted molar refractivity (Wildman–Crippen MR) is 82.9 cm³/mol. The molecule has 1 aromatic carbocycles. The Morgan fingerprint density at radius 3 is 2.58 bits per heavy atom. The van der Waals surface area contributed by atoms with Gasteiger partial charge in [0.05, 0.1) is 6.07 Å². The first-order chi connectivity index (χ1) is 9.07. The quantitative estimate of drug-likeness (QED) is 0.853. The van der Waals surface area contributed by atoms with Crippen LogP contribution in [0.1, 0.15) is 39.5 Å². The number of hydrogen-bond donors (Lipinski definition) is 1. The zero-order chi connectivity index (χ0) is 13.9. The summed E-state index contributed by atoms with van der Waals surface area (Å²) < 4.78 is 1.06. The van der Waals surface area contributed by atoms with Crippen LogP contribution in [0.15, 0.2) is 28.7 Å². The van der Waals surface area contributed by atoms with Crippen LogP contribution in [0.2, 0.25) is 0 Å². The van der Waals surface area contributed by atoms with Gasteiger partial charge in [-0.3, -0.25) is 0 Å². The average molecular weight is 321 g/mol. The molecule has 2 unspecified atom stereocenters. The second-order valence-corrected chi connectivity index (χ2v) is 6.73. The summed E-state index contributed by atoms with van der Waals surface area (Å²) in [5.74, 6) is 0.956. The standard InChI is InChI=1S/C16H21BrN2/c1-12(2)15-5-3-4-10-16(15,11-18)19-14-8-6-13(17)7-9-14/h6-9,12,15,19H,3-5,10H2,1-2H3. The third-order valence-electron chi connectivity index (χ3n) is 4.19. The first-order valence-electron chi connectivity index (χ1n) is 7.02. The molecular weight excluding hydrogens is 300 g/mol.